The van der Waals surface area contributed by atoms with Gasteiger partial charge >= 0.3 is 0 Å². The molecule has 5 rings (SSSR count). The molecule has 3 fully saturated rings. The Labute approximate surface area is 157 Å². The normalized spacial score (nSPS) is 25.1. The molecule has 1 amide bonds. The molecule has 1 aromatic heterocycles. The fourth-order valence-corrected chi connectivity index (χ4v) is 5.41. The molecule has 2 bridgehead atoms. The molecular formula is C20H24ClFN2O2. The minimum absolute atomic E-state index is 0.0990. The first kappa shape index (κ1) is 17.8. The number of hydrogen-bond acceptors (Lipinski definition) is 2. The molecule has 0 unspecified atom stereocenters. The first-order chi connectivity index (χ1) is 12.4. The minimum atomic E-state index is -0.621. The monoisotopic (exact) mass is 378 g/mol. The van der Waals surface area contributed by atoms with E-state index in [0.717, 1.165) is 30.9 Å². The summed E-state index contributed by atoms with van der Waals surface area (Å²) in [5.41, 5.74) is 7.38. The van der Waals surface area contributed by atoms with Gasteiger partial charge < -0.3 is 15.4 Å². The second kappa shape index (κ2) is 6.54. The van der Waals surface area contributed by atoms with Crippen molar-refractivity contribution in [3.05, 3.63) is 34.2 Å². The number of aliphatic hydroxyl groups is 1. The quantitative estimate of drug-likeness (QED) is 0.824. The van der Waals surface area contributed by atoms with Crippen LogP contribution in [0.4, 0.5) is 4.39 Å². The molecule has 0 aliphatic heterocycles. The van der Waals surface area contributed by atoms with Crippen molar-refractivity contribution in [2.75, 3.05) is 6.61 Å². The molecule has 0 atom stereocenters. The van der Waals surface area contributed by atoms with Gasteiger partial charge in [0.1, 0.15) is 5.82 Å². The smallest absolute Gasteiger partial charge is 0.251 e. The van der Waals surface area contributed by atoms with Gasteiger partial charge in [-0.2, -0.15) is 0 Å². The molecule has 4 nitrogen and oxygen atoms in total. The predicted molar refractivity (Wildman–Crippen MR) is 99.8 cm³/mol. The van der Waals surface area contributed by atoms with Crippen LogP contribution in [-0.4, -0.2) is 22.2 Å². The highest BCUT2D eigenvalue weighted by molar-refractivity contribution is 6.31. The molecule has 3 N–H and O–H groups in total. The number of aliphatic hydroxyl groups excluding tert-OH is 1. The largest absolute Gasteiger partial charge is 0.395 e. The number of nitrogens with zero attached hydrogens (tertiary/aromatic N) is 1. The summed E-state index contributed by atoms with van der Waals surface area (Å²) in [5, 5.41) is 10.1. The van der Waals surface area contributed by atoms with Crippen molar-refractivity contribution < 1.29 is 14.3 Å². The van der Waals surface area contributed by atoms with Gasteiger partial charge in [-0.25, -0.2) is 4.39 Å². The van der Waals surface area contributed by atoms with Crippen molar-refractivity contribution in [1.82, 2.24) is 4.57 Å². The van der Waals surface area contributed by atoms with Crippen LogP contribution in [0.25, 0.3) is 10.9 Å². The van der Waals surface area contributed by atoms with E-state index in [0.29, 0.717) is 11.9 Å². The summed E-state index contributed by atoms with van der Waals surface area (Å²) in [4.78, 5) is 12.3. The van der Waals surface area contributed by atoms with Gasteiger partial charge in [0.15, 0.2) is 0 Å². The van der Waals surface area contributed by atoms with Crippen molar-refractivity contribution in [2.24, 2.45) is 17.1 Å². The van der Waals surface area contributed by atoms with E-state index in [1.54, 1.807) is 6.07 Å². The van der Waals surface area contributed by atoms with Gasteiger partial charge in [-0.1, -0.05) is 11.6 Å². The van der Waals surface area contributed by atoms with Crippen molar-refractivity contribution in [2.45, 2.75) is 51.5 Å². The molecule has 6 heteroatoms. The standard InChI is InChI=1S/C20H24ClFN2O2/c21-13-9-14(22)17-15(10-13)24(7-8-25)16(18(17)19(23)26)11-20-4-1-12(2-5-20)3-6-20/h9-10,12,25H,1-8,11H2,(H2,23,26). The van der Waals surface area contributed by atoms with Gasteiger partial charge in [0.05, 0.1) is 17.7 Å². The Hall–Kier alpha value is -1.59. The number of aromatic nitrogens is 1. The zero-order chi connectivity index (χ0) is 18.5. The van der Waals surface area contributed by atoms with Crippen LogP contribution in [0.1, 0.15) is 54.6 Å². The average molecular weight is 379 g/mol. The average Bonchev–Trinajstić information content (AvgIpc) is 2.90. The van der Waals surface area contributed by atoms with Crippen LogP contribution >= 0.6 is 11.6 Å². The summed E-state index contributed by atoms with van der Waals surface area (Å²) in [6, 6.07) is 2.87. The van der Waals surface area contributed by atoms with Crippen molar-refractivity contribution in [1.29, 1.82) is 0 Å². The minimum Gasteiger partial charge on any atom is -0.395 e. The Balaban J connectivity index is 1.91. The maximum atomic E-state index is 14.7. The highest BCUT2D eigenvalue weighted by Crippen LogP contribution is 2.52. The van der Waals surface area contributed by atoms with Crippen LogP contribution in [0.15, 0.2) is 12.1 Å². The molecule has 140 valence electrons. The zero-order valence-corrected chi connectivity index (χ0v) is 15.5. The number of hydrogen-bond donors (Lipinski definition) is 2. The van der Waals surface area contributed by atoms with Crippen molar-refractivity contribution >= 4 is 28.4 Å². The number of carbonyl (C=O) groups is 1. The highest BCUT2D eigenvalue weighted by Gasteiger charge is 2.42. The van der Waals surface area contributed by atoms with Gasteiger partial charge in [0.25, 0.3) is 5.91 Å². The lowest BCUT2D eigenvalue weighted by atomic mass is 9.59. The number of amides is 1. The van der Waals surface area contributed by atoms with E-state index in [2.05, 4.69) is 0 Å². The van der Waals surface area contributed by atoms with Gasteiger partial charge in [-0.05, 0) is 68.4 Å². The first-order valence-electron chi connectivity index (χ1n) is 9.35. The zero-order valence-electron chi connectivity index (χ0n) is 14.7. The van der Waals surface area contributed by atoms with E-state index in [-0.39, 0.29) is 34.5 Å². The molecule has 1 aromatic carbocycles. The summed E-state index contributed by atoms with van der Waals surface area (Å²) in [5.74, 6) is -0.320. The Bertz CT molecular complexity index is 855. The number of rotatable bonds is 5. The number of fused-ring (bicyclic) bond motifs is 4. The Morgan fingerprint density at radius 1 is 1.31 bits per heavy atom. The Kier molecular flexibility index (Phi) is 4.48. The molecule has 3 saturated carbocycles. The first-order valence-corrected chi connectivity index (χ1v) is 9.73. The van der Waals surface area contributed by atoms with E-state index in [9.17, 15) is 14.3 Å². The summed E-state index contributed by atoms with van der Waals surface area (Å²) in [6.45, 7) is 0.190. The second-order valence-electron chi connectivity index (χ2n) is 8.00. The van der Waals surface area contributed by atoms with E-state index in [1.807, 2.05) is 4.57 Å². The Morgan fingerprint density at radius 3 is 2.54 bits per heavy atom. The van der Waals surface area contributed by atoms with Crippen LogP contribution in [0.3, 0.4) is 0 Å². The van der Waals surface area contributed by atoms with Gasteiger partial charge in [0, 0.05) is 22.6 Å². The maximum Gasteiger partial charge on any atom is 0.251 e. The molecule has 0 saturated heterocycles. The summed E-state index contributed by atoms with van der Waals surface area (Å²) in [7, 11) is 0. The van der Waals surface area contributed by atoms with Crippen molar-refractivity contribution in [3.63, 3.8) is 0 Å². The Morgan fingerprint density at radius 2 is 1.96 bits per heavy atom. The highest BCUT2D eigenvalue weighted by atomic mass is 35.5. The number of benzene rings is 1. The van der Waals surface area contributed by atoms with E-state index in [4.69, 9.17) is 17.3 Å². The molecule has 0 radical (unpaired) electrons. The van der Waals surface area contributed by atoms with Crippen LogP contribution in [0.2, 0.25) is 5.02 Å². The van der Waals surface area contributed by atoms with Crippen molar-refractivity contribution in [3.8, 4) is 0 Å². The molecular weight excluding hydrogens is 355 g/mol. The summed E-state index contributed by atoms with van der Waals surface area (Å²) in [6.07, 6.45) is 7.80. The number of nitrogens with two attached hydrogens (primary N) is 1. The second-order valence-corrected chi connectivity index (χ2v) is 8.44. The van der Waals surface area contributed by atoms with E-state index < -0.39 is 11.7 Å². The molecule has 26 heavy (non-hydrogen) atoms. The van der Waals surface area contributed by atoms with Crippen LogP contribution in [-0.2, 0) is 13.0 Å². The number of primary amides is 1. The van der Waals surface area contributed by atoms with E-state index in [1.165, 1.54) is 25.3 Å². The SMILES string of the molecule is NC(=O)c1c(CC23CCC(CC2)CC3)n(CCO)c2cc(Cl)cc(F)c12. The van der Waals surface area contributed by atoms with Crippen LogP contribution in [0, 0.1) is 17.2 Å². The number of halogens is 2. The van der Waals surface area contributed by atoms with Crippen LogP contribution in [0.5, 0.6) is 0 Å². The van der Waals surface area contributed by atoms with Gasteiger partial charge in [-0.3, -0.25) is 4.79 Å². The van der Waals surface area contributed by atoms with Gasteiger partial charge in [-0.15, -0.1) is 0 Å². The van der Waals surface area contributed by atoms with Crippen LogP contribution < -0.4 is 5.73 Å². The third-order valence-electron chi connectivity index (χ3n) is 6.55. The molecule has 2 aromatic rings. The topological polar surface area (TPSA) is 68.2 Å². The molecule has 1 heterocycles. The lowest BCUT2D eigenvalue weighted by molar-refractivity contribution is 0.0631. The lowest BCUT2D eigenvalue weighted by Gasteiger charge is -2.47. The molecule has 3 aliphatic carbocycles. The third-order valence-corrected chi connectivity index (χ3v) is 6.77. The fourth-order valence-electron chi connectivity index (χ4n) is 5.21. The summed E-state index contributed by atoms with van der Waals surface area (Å²) >= 11 is 6.06. The molecule has 3 aliphatic rings. The molecule has 0 spiro atoms. The number of carbonyl (C=O) groups excluding carboxylic acids is 1. The predicted octanol–water partition coefficient (Wildman–Crippen LogP) is 4.04. The maximum absolute atomic E-state index is 14.7. The third kappa shape index (κ3) is 2.81. The van der Waals surface area contributed by atoms with Gasteiger partial charge in [0.2, 0.25) is 0 Å². The summed E-state index contributed by atoms with van der Waals surface area (Å²) < 4.78 is 16.5. The lowest BCUT2D eigenvalue weighted by Crippen LogP contribution is -2.36. The van der Waals surface area contributed by atoms with E-state index >= 15 is 0 Å². The fraction of sp³-hybridized carbons (Fsp3) is 0.550.